The summed E-state index contributed by atoms with van der Waals surface area (Å²) in [5, 5.41) is 10.1. The van der Waals surface area contributed by atoms with E-state index in [1.54, 1.807) is 60.7 Å². The lowest BCUT2D eigenvalue weighted by Crippen LogP contribution is -2.66. The number of allylic oxidation sites excluding steroid dienone is 2. The Labute approximate surface area is 342 Å². The molecule has 5 aliphatic carbocycles. The Balaban J connectivity index is 0.000000266. The van der Waals surface area contributed by atoms with Gasteiger partial charge in [0.1, 0.15) is 6.10 Å². The summed E-state index contributed by atoms with van der Waals surface area (Å²) in [4.78, 5) is 70.4. The number of hydrogen-bond donors (Lipinski definition) is 1. The quantitative estimate of drug-likeness (QED) is 0.140. The van der Waals surface area contributed by atoms with Gasteiger partial charge in [-0.2, -0.15) is 0 Å². The first-order chi connectivity index (χ1) is 25.7. The highest BCUT2D eigenvalue weighted by Gasteiger charge is 2.70. The van der Waals surface area contributed by atoms with E-state index in [1.807, 2.05) is 13.0 Å². The lowest BCUT2D eigenvalue weighted by molar-refractivity contribution is -0.210. The number of esters is 1. The lowest BCUT2D eigenvalue weighted by atomic mass is 9.33. The molecule has 2 aromatic rings. The maximum atomic E-state index is 14.4. The van der Waals surface area contributed by atoms with E-state index in [0.717, 1.165) is 44.9 Å². The number of ketones is 1. The Morgan fingerprint density at radius 2 is 1.25 bits per heavy atom. The SMILES string of the molecule is CC(=O)O[C@H]1CC[C@]2(C)[C@H]3C(=O)C=C4[C@@H]5C[C@@](C)(C(=O)O)CC[C@]5(C)CC[C@@]4(C)[C@]3(C)CC[C@H]2C1(C)C.O=C(OOC(=O)c1ccccc1)c1ccccc1.[AlH3]. The maximum absolute atomic E-state index is 14.4. The van der Waals surface area contributed by atoms with Gasteiger partial charge in [0.15, 0.2) is 23.1 Å². The van der Waals surface area contributed by atoms with E-state index in [1.165, 1.54) is 12.5 Å². The minimum Gasteiger partial charge on any atom is -0.481 e. The first-order valence-corrected chi connectivity index (χ1v) is 19.9. The van der Waals surface area contributed by atoms with Crippen molar-refractivity contribution in [3.8, 4) is 0 Å². The number of ether oxygens (including phenoxy) is 1. The standard InChI is InChI=1S/C32H48O5.C14H10O4.Al.3H/c1-19(33)37-24-10-11-30(6)23(27(24,2)3)9-12-32(8)25(30)22(34)17-20-21-18-29(5,26(35)36)14-13-28(21,4)15-16-31(20,32)7;15-13(11-7-3-1-4-8-11)17-18-14(16)12-9-5-2-6-10-12;;;;/h17,21,23-25H,9-16,18H2,1-8H3,(H,35,36);1-10H;;;;/t21-,23-,24-,25+,28+,29-,30-,31+,32+;;;;;/m0...../s1. The van der Waals surface area contributed by atoms with Crippen molar-refractivity contribution in [3.05, 3.63) is 83.4 Å². The number of carbonyl (C=O) groups is 5. The van der Waals surface area contributed by atoms with Gasteiger partial charge < -0.3 is 9.84 Å². The molecule has 9 atom stereocenters. The second-order valence-corrected chi connectivity index (χ2v) is 19.0. The summed E-state index contributed by atoms with van der Waals surface area (Å²) >= 11 is 0. The molecule has 302 valence electrons. The minimum atomic E-state index is -0.729. The number of rotatable bonds is 4. The monoisotopic (exact) mass is 784 g/mol. The van der Waals surface area contributed by atoms with Crippen molar-refractivity contribution in [1.29, 1.82) is 0 Å². The van der Waals surface area contributed by atoms with E-state index in [-0.39, 0.29) is 74.1 Å². The highest BCUT2D eigenvalue weighted by molar-refractivity contribution is 5.96. The van der Waals surface area contributed by atoms with Gasteiger partial charge in [-0.3, -0.25) is 14.4 Å². The van der Waals surface area contributed by atoms with Crippen molar-refractivity contribution in [2.24, 2.45) is 50.2 Å². The summed E-state index contributed by atoms with van der Waals surface area (Å²) in [6.45, 7) is 17.4. The summed E-state index contributed by atoms with van der Waals surface area (Å²) in [5.41, 5.74) is 0.603. The van der Waals surface area contributed by atoms with Crippen molar-refractivity contribution in [2.75, 3.05) is 0 Å². The number of fused-ring (bicyclic) bond motifs is 7. The van der Waals surface area contributed by atoms with E-state index in [2.05, 4.69) is 51.3 Å². The number of benzene rings is 2. The summed E-state index contributed by atoms with van der Waals surface area (Å²) < 4.78 is 5.82. The molecule has 10 heteroatoms. The molecule has 5 aliphatic rings. The summed E-state index contributed by atoms with van der Waals surface area (Å²) in [7, 11) is 0. The Morgan fingerprint density at radius 1 is 0.714 bits per heavy atom. The third-order valence-electron chi connectivity index (χ3n) is 15.5. The van der Waals surface area contributed by atoms with Crippen molar-refractivity contribution in [3.63, 3.8) is 0 Å². The predicted octanol–water partition coefficient (Wildman–Crippen LogP) is 8.41. The van der Waals surface area contributed by atoms with Crippen LogP contribution in [0, 0.1) is 50.2 Å². The normalized spacial score (nSPS) is 36.4. The molecule has 4 saturated carbocycles. The van der Waals surface area contributed by atoms with Gasteiger partial charge in [-0.1, -0.05) is 83.5 Å². The average molecular weight is 785 g/mol. The topological polar surface area (TPSA) is 133 Å². The molecular formula is C46H61AlO9. The van der Waals surface area contributed by atoms with E-state index in [0.29, 0.717) is 29.9 Å². The van der Waals surface area contributed by atoms with Gasteiger partial charge in [-0.15, -0.1) is 0 Å². The molecule has 56 heavy (non-hydrogen) atoms. The summed E-state index contributed by atoms with van der Waals surface area (Å²) in [5.74, 6) is -1.70. The molecule has 0 spiro atoms. The first-order valence-electron chi connectivity index (χ1n) is 19.9. The van der Waals surface area contributed by atoms with Crippen molar-refractivity contribution in [1.82, 2.24) is 0 Å². The van der Waals surface area contributed by atoms with Gasteiger partial charge in [0.2, 0.25) is 0 Å². The van der Waals surface area contributed by atoms with Gasteiger partial charge in [0.05, 0.1) is 16.5 Å². The zero-order chi connectivity index (χ0) is 40.2. The van der Waals surface area contributed by atoms with Crippen LogP contribution in [0.2, 0.25) is 0 Å². The Hall–Kier alpha value is -3.74. The van der Waals surface area contributed by atoms with E-state index >= 15 is 0 Å². The fourth-order valence-electron chi connectivity index (χ4n) is 12.1. The fraction of sp³-hybridized carbons (Fsp3) is 0.587. The number of carbonyl (C=O) groups excluding carboxylic acids is 4. The second kappa shape index (κ2) is 15.5. The molecule has 0 heterocycles. The molecule has 1 N–H and O–H groups in total. The molecule has 0 bridgehead atoms. The highest BCUT2D eigenvalue weighted by Crippen LogP contribution is 2.75. The summed E-state index contributed by atoms with van der Waals surface area (Å²) in [6, 6.07) is 16.6. The van der Waals surface area contributed by atoms with Gasteiger partial charge in [0, 0.05) is 18.3 Å². The summed E-state index contributed by atoms with van der Waals surface area (Å²) in [6.07, 6.45) is 10.0. The maximum Gasteiger partial charge on any atom is 0.386 e. The van der Waals surface area contributed by atoms with Crippen LogP contribution in [0.4, 0.5) is 0 Å². The lowest BCUT2D eigenvalue weighted by Gasteiger charge is -2.70. The molecular weight excluding hydrogens is 723 g/mol. The van der Waals surface area contributed by atoms with Gasteiger partial charge >= 0.3 is 23.9 Å². The Morgan fingerprint density at radius 3 is 1.77 bits per heavy atom. The first kappa shape index (κ1) is 43.4. The second-order valence-electron chi connectivity index (χ2n) is 19.0. The van der Waals surface area contributed by atoms with Crippen molar-refractivity contribution < 1.29 is 43.6 Å². The molecule has 9 nitrogen and oxygen atoms in total. The van der Waals surface area contributed by atoms with Crippen LogP contribution in [0.5, 0.6) is 0 Å². The van der Waals surface area contributed by atoms with Crippen LogP contribution in [0.3, 0.4) is 0 Å². The third kappa shape index (κ3) is 7.30. The predicted molar refractivity (Wildman–Crippen MR) is 216 cm³/mol. The molecule has 0 aromatic heterocycles. The molecule has 2 aromatic carbocycles. The number of carboxylic acid groups (broad SMARTS) is 1. The highest BCUT2D eigenvalue weighted by atomic mass is 27.0. The number of carboxylic acids is 1. The average Bonchev–Trinajstić information content (AvgIpc) is 3.14. The van der Waals surface area contributed by atoms with E-state index < -0.39 is 23.3 Å². The third-order valence-corrected chi connectivity index (χ3v) is 15.5. The van der Waals surface area contributed by atoms with Crippen molar-refractivity contribution >= 4 is 47.0 Å². The minimum absolute atomic E-state index is 0. The largest absolute Gasteiger partial charge is 0.481 e. The van der Waals surface area contributed by atoms with E-state index in [9.17, 15) is 29.1 Å². The van der Waals surface area contributed by atoms with Crippen LogP contribution in [0.15, 0.2) is 72.3 Å². The van der Waals surface area contributed by atoms with Crippen LogP contribution >= 0.6 is 0 Å². The van der Waals surface area contributed by atoms with Crippen LogP contribution < -0.4 is 0 Å². The van der Waals surface area contributed by atoms with Crippen LogP contribution in [0.1, 0.15) is 134 Å². The van der Waals surface area contributed by atoms with Crippen LogP contribution in [0.25, 0.3) is 0 Å². The molecule has 4 fully saturated rings. The fourth-order valence-corrected chi connectivity index (χ4v) is 12.1. The van der Waals surface area contributed by atoms with Crippen LogP contribution in [-0.2, 0) is 28.9 Å². The smallest absolute Gasteiger partial charge is 0.386 e. The molecule has 7 rings (SSSR count). The zero-order valence-electron chi connectivity index (χ0n) is 33.7. The van der Waals surface area contributed by atoms with Gasteiger partial charge in [-0.25, -0.2) is 19.4 Å². The molecule has 0 unspecified atom stereocenters. The molecule has 0 radical (unpaired) electrons. The van der Waals surface area contributed by atoms with E-state index in [4.69, 9.17) is 4.74 Å². The molecule has 0 aliphatic heterocycles. The van der Waals surface area contributed by atoms with Gasteiger partial charge in [0.25, 0.3) is 0 Å². The van der Waals surface area contributed by atoms with Crippen molar-refractivity contribution in [2.45, 2.75) is 119 Å². The number of aliphatic carboxylic acids is 1. The zero-order valence-corrected chi connectivity index (χ0v) is 33.7. The number of hydrogen-bond acceptors (Lipinski definition) is 8. The molecule has 0 amide bonds. The Bertz CT molecular complexity index is 1820. The van der Waals surface area contributed by atoms with Crippen LogP contribution in [-0.4, -0.2) is 58.2 Å². The molecule has 0 saturated heterocycles. The van der Waals surface area contributed by atoms with Gasteiger partial charge in [-0.05, 0) is 129 Å². The Kier molecular flexibility index (Phi) is 12.0.